The Hall–Kier alpha value is -3.86. The molecule has 32 heavy (non-hydrogen) atoms. The van der Waals surface area contributed by atoms with Gasteiger partial charge in [0.05, 0.1) is 5.39 Å². The molecule has 1 amide bonds. The topological polar surface area (TPSA) is 68.5 Å². The van der Waals surface area contributed by atoms with Crippen LogP contribution in [0.3, 0.4) is 0 Å². The van der Waals surface area contributed by atoms with Gasteiger partial charge in [0.2, 0.25) is 11.2 Å². The highest BCUT2D eigenvalue weighted by atomic mass is 16.5. The fraction of sp³-hybridized carbons (Fsp3) is 0.185. The fourth-order valence-corrected chi connectivity index (χ4v) is 3.42. The smallest absolute Gasteiger partial charge is 0.262 e. The number of fused-ring (bicyclic) bond motifs is 1. The molecule has 0 aliphatic rings. The van der Waals surface area contributed by atoms with Crippen LogP contribution in [0.5, 0.6) is 5.75 Å². The molecule has 5 nitrogen and oxygen atoms in total. The van der Waals surface area contributed by atoms with E-state index in [2.05, 4.69) is 26.1 Å². The first-order valence-corrected chi connectivity index (χ1v) is 10.5. The molecule has 0 bridgehead atoms. The molecule has 5 heteroatoms. The summed E-state index contributed by atoms with van der Waals surface area (Å²) in [6.45, 7) is 6.10. The van der Waals surface area contributed by atoms with Crippen molar-refractivity contribution >= 4 is 22.6 Å². The van der Waals surface area contributed by atoms with Crippen LogP contribution in [0.1, 0.15) is 26.3 Å². The third-order valence-corrected chi connectivity index (χ3v) is 5.17. The van der Waals surface area contributed by atoms with Gasteiger partial charge in [0.15, 0.2) is 12.4 Å². The van der Waals surface area contributed by atoms with Gasteiger partial charge in [-0.15, -0.1) is 0 Å². The van der Waals surface area contributed by atoms with Gasteiger partial charge in [0.1, 0.15) is 5.58 Å². The van der Waals surface area contributed by atoms with Crippen molar-refractivity contribution in [2.45, 2.75) is 26.2 Å². The third kappa shape index (κ3) is 4.57. The Bertz CT molecular complexity index is 1300. The average Bonchev–Trinajstić information content (AvgIpc) is 2.78. The van der Waals surface area contributed by atoms with Crippen LogP contribution in [-0.2, 0) is 10.2 Å². The predicted octanol–water partition coefficient (Wildman–Crippen LogP) is 5.78. The highest BCUT2D eigenvalue weighted by molar-refractivity contribution is 5.92. The summed E-state index contributed by atoms with van der Waals surface area (Å²) in [6.07, 6.45) is 0. The average molecular weight is 428 g/mol. The molecule has 0 atom stereocenters. The minimum atomic E-state index is -0.363. The Morgan fingerprint density at radius 3 is 2.25 bits per heavy atom. The minimum absolute atomic E-state index is 0.00237. The van der Waals surface area contributed by atoms with Gasteiger partial charge < -0.3 is 14.5 Å². The summed E-state index contributed by atoms with van der Waals surface area (Å²) in [5.74, 6) is -0.0325. The number of benzene rings is 3. The predicted molar refractivity (Wildman–Crippen MR) is 127 cm³/mol. The second-order valence-corrected chi connectivity index (χ2v) is 8.62. The molecule has 1 aromatic heterocycles. The van der Waals surface area contributed by atoms with Crippen molar-refractivity contribution in [2.75, 3.05) is 11.9 Å². The van der Waals surface area contributed by atoms with E-state index in [0.717, 1.165) is 5.56 Å². The van der Waals surface area contributed by atoms with Crippen molar-refractivity contribution in [2.24, 2.45) is 0 Å². The SMILES string of the molecule is CC(C)(C)c1ccc(-c2oc3ccccc3c(=O)c2OCC(=O)Nc2ccccc2)cc1. The molecule has 4 aromatic rings. The summed E-state index contributed by atoms with van der Waals surface area (Å²) in [5, 5.41) is 3.16. The highest BCUT2D eigenvalue weighted by Gasteiger charge is 2.20. The van der Waals surface area contributed by atoms with Gasteiger partial charge >= 0.3 is 0 Å². The van der Waals surface area contributed by atoms with Crippen LogP contribution in [0.2, 0.25) is 0 Å². The van der Waals surface area contributed by atoms with Crippen LogP contribution < -0.4 is 15.5 Å². The molecule has 0 unspecified atom stereocenters. The van der Waals surface area contributed by atoms with E-state index in [1.54, 1.807) is 30.3 Å². The minimum Gasteiger partial charge on any atom is -0.476 e. The number of rotatable bonds is 5. The second kappa shape index (κ2) is 8.71. The van der Waals surface area contributed by atoms with E-state index in [9.17, 15) is 9.59 Å². The first kappa shape index (κ1) is 21.4. The number of amides is 1. The number of para-hydroxylation sites is 2. The lowest BCUT2D eigenvalue weighted by atomic mass is 9.86. The van der Waals surface area contributed by atoms with E-state index in [-0.39, 0.29) is 29.1 Å². The maximum absolute atomic E-state index is 13.2. The molecule has 1 heterocycles. The number of anilines is 1. The summed E-state index contributed by atoms with van der Waals surface area (Å²) < 4.78 is 11.8. The summed E-state index contributed by atoms with van der Waals surface area (Å²) in [5.41, 5.74) is 2.68. The largest absolute Gasteiger partial charge is 0.476 e. The van der Waals surface area contributed by atoms with Gasteiger partial charge in [-0.05, 0) is 35.2 Å². The zero-order valence-electron chi connectivity index (χ0n) is 18.3. The Labute approximate surface area is 186 Å². The van der Waals surface area contributed by atoms with Gasteiger partial charge in [0, 0.05) is 11.3 Å². The van der Waals surface area contributed by atoms with Crippen molar-refractivity contribution in [1.29, 1.82) is 0 Å². The van der Waals surface area contributed by atoms with Gasteiger partial charge in [0.25, 0.3) is 5.91 Å². The van der Waals surface area contributed by atoms with Crippen LogP contribution in [-0.4, -0.2) is 12.5 Å². The number of carbonyl (C=O) groups excluding carboxylic acids is 1. The van der Waals surface area contributed by atoms with Crippen LogP contribution in [0.15, 0.2) is 88.1 Å². The maximum Gasteiger partial charge on any atom is 0.262 e. The molecule has 162 valence electrons. The van der Waals surface area contributed by atoms with Crippen molar-refractivity contribution in [3.8, 4) is 17.1 Å². The number of carbonyl (C=O) groups is 1. The van der Waals surface area contributed by atoms with Gasteiger partial charge in [-0.2, -0.15) is 0 Å². The van der Waals surface area contributed by atoms with Crippen molar-refractivity contribution < 1.29 is 13.9 Å². The number of hydrogen-bond acceptors (Lipinski definition) is 4. The third-order valence-electron chi connectivity index (χ3n) is 5.17. The molecule has 0 saturated carbocycles. The second-order valence-electron chi connectivity index (χ2n) is 8.62. The Morgan fingerprint density at radius 2 is 1.56 bits per heavy atom. The Morgan fingerprint density at radius 1 is 0.906 bits per heavy atom. The van der Waals surface area contributed by atoms with Crippen LogP contribution in [0.4, 0.5) is 5.69 Å². The van der Waals surface area contributed by atoms with E-state index in [0.29, 0.717) is 28.0 Å². The zero-order chi connectivity index (χ0) is 22.7. The molecule has 0 aliphatic heterocycles. The maximum atomic E-state index is 13.2. The summed E-state index contributed by atoms with van der Waals surface area (Å²) >= 11 is 0. The normalized spacial score (nSPS) is 11.3. The molecule has 0 saturated heterocycles. The molecule has 0 radical (unpaired) electrons. The standard InChI is InChI=1S/C27H25NO4/c1-27(2,3)19-15-13-18(14-16-19)25-26(24(30)21-11-7-8-12-22(21)32-25)31-17-23(29)28-20-9-5-4-6-10-20/h4-16H,17H2,1-3H3,(H,28,29). The van der Waals surface area contributed by atoms with E-state index in [1.165, 1.54) is 0 Å². The van der Waals surface area contributed by atoms with Gasteiger partial charge in [-0.25, -0.2) is 0 Å². The van der Waals surface area contributed by atoms with E-state index in [4.69, 9.17) is 9.15 Å². The van der Waals surface area contributed by atoms with Crippen LogP contribution in [0, 0.1) is 0 Å². The van der Waals surface area contributed by atoms with Crippen molar-refractivity contribution in [3.63, 3.8) is 0 Å². The first-order chi connectivity index (χ1) is 15.3. The summed E-state index contributed by atoms with van der Waals surface area (Å²) in [6, 6.07) is 23.9. The molecule has 0 fully saturated rings. The van der Waals surface area contributed by atoms with Crippen LogP contribution in [0.25, 0.3) is 22.3 Å². The number of ether oxygens (including phenoxy) is 1. The van der Waals surface area contributed by atoms with Gasteiger partial charge in [-0.1, -0.05) is 75.4 Å². The van der Waals surface area contributed by atoms with Crippen LogP contribution >= 0.6 is 0 Å². The first-order valence-electron chi connectivity index (χ1n) is 10.5. The van der Waals surface area contributed by atoms with E-state index in [1.807, 2.05) is 48.5 Å². The molecule has 4 rings (SSSR count). The monoisotopic (exact) mass is 427 g/mol. The van der Waals surface area contributed by atoms with Crippen molar-refractivity contribution in [1.82, 2.24) is 0 Å². The molecule has 3 aromatic carbocycles. The van der Waals surface area contributed by atoms with E-state index >= 15 is 0 Å². The lowest BCUT2D eigenvalue weighted by Gasteiger charge is -2.19. The fourth-order valence-electron chi connectivity index (χ4n) is 3.42. The lowest BCUT2D eigenvalue weighted by molar-refractivity contribution is -0.118. The Balaban J connectivity index is 1.69. The van der Waals surface area contributed by atoms with Crippen molar-refractivity contribution in [3.05, 3.63) is 94.6 Å². The number of nitrogens with one attached hydrogen (secondary N) is 1. The molecular formula is C27H25NO4. The molecule has 1 N–H and O–H groups in total. The van der Waals surface area contributed by atoms with Gasteiger partial charge in [-0.3, -0.25) is 9.59 Å². The highest BCUT2D eigenvalue weighted by Crippen LogP contribution is 2.32. The Kier molecular flexibility index (Phi) is 5.82. The lowest BCUT2D eigenvalue weighted by Crippen LogP contribution is -2.22. The summed E-state index contributed by atoms with van der Waals surface area (Å²) in [4.78, 5) is 25.6. The summed E-state index contributed by atoms with van der Waals surface area (Å²) in [7, 11) is 0. The molecular weight excluding hydrogens is 402 g/mol. The molecule has 0 spiro atoms. The quantitative estimate of drug-likeness (QED) is 0.439. The van der Waals surface area contributed by atoms with E-state index < -0.39 is 0 Å². The number of hydrogen-bond donors (Lipinski definition) is 1. The zero-order valence-corrected chi connectivity index (χ0v) is 18.3. The molecule has 0 aliphatic carbocycles.